The van der Waals surface area contributed by atoms with Gasteiger partial charge in [-0.25, -0.2) is 13.2 Å². The number of aliphatic carboxylic acids is 2. The Hall–Kier alpha value is -3.27. The average Bonchev–Trinajstić information content (AvgIpc) is 3.23. The third-order valence-electron chi connectivity index (χ3n) is 5.28. The topological polar surface area (TPSA) is 250 Å². The molecule has 3 rings (SSSR count). The van der Waals surface area contributed by atoms with E-state index in [-0.39, 0.29) is 18.9 Å². The predicted octanol–water partition coefficient (Wildman–Crippen LogP) is -3.07. The molecule has 0 aromatic carbocycles. The lowest BCUT2D eigenvalue weighted by molar-refractivity contribution is -0.157. The van der Waals surface area contributed by atoms with Crippen LogP contribution >= 0.6 is 0 Å². The second-order valence-corrected chi connectivity index (χ2v) is 10.1. The summed E-state index contributed by atoms with van der Waals surface area (Å²) in [4.78, 5) is 37.9. The number of carbonyl (C=O) groups excluding carboxylic acids is 1. The number of carboxylic acid groups (broad SMARTS) is 2. The van der Waals surface area contributed by atoms with E-state index in [1.165, 1.54) is 24.0 Å². The first-order valence-corrected chi connectivity index (χ1v) is 11.0. The number of rotatable bonds is 8. The minimum Gasteiger partial charge on any atom is -0.480 e. The van der Waals surface area contributed by atoms with Gasteiger partial charge < -0.3 is 32.3 Å². The van der Waals surface area contributed by atoms with Gasteiger partial charge in [-0.2, -0.15) is 0 Å². The number of guanidine groups is 1. The van der Waals surface area contributed by atoms with E-state index in [1.54, 1.807) is 0 Å². The highest BCUT2D eigenvalue weighted by atomic mass is 32.2. The van der Waals surface area contributed by atoms with Crippen LogP contribution in [0.15, 0.2) is 17.4 Å². The van der Waals surface area contributed by atoms with Crippen molar-refractivity contribution in [3.63, 3.8) is 0 Å². The Morgan fingerprint density at radius 3 is 2.50 bits per heavy atom. The second kappa shape index (κ2) is 9.47. The Labute approximate surface area is 183 Å². The van der Waals surface area contributed by atoms with Crippen molar-refractivity contribution in [3.8, 4) is 0 Å². The summed E-state index contributed by atoms with van der Waals surface area (Å²) < 4.78 is 24.7. The smallest absolute Gasteiger partial charge is 0.328 e. The zero-order chi connectivity index (χ0) is 24.3. The van der Waals surface area contributed by atoms with E-state index in [0.29, 0.717) is 19.4 Å². The largest absolute Gasteiger partial charge is 0.480 e. The van der Waals surface area contributed by atoms with Crippen molar-refractivity contribution in [2.24, 2.45) is 22.2 Å². The molecule has 1 aromatic heterocycles. The van der Waals surface area contributed by atoms with Crippen LogP contribution in [-0.2, 0) is 30.8 Å². The van der Waals surface area contributed by atoms with Crippen molar-refractivity contribution in [2.45, 2.75) is 54.9 Å². The number of β-lactam (4-membered cyclic amide) rings is 1. The van der Waals surface area contributed by atoms with Gasteiger partial charge in [-0.1, -0.05) is 5.21 Å². The van der Waals surface area contributed by atoms with Crippen LogP contribution in [0.4, 0.5) is 0 Å². The number of aromatic nitrogens is 3. The number of nitrogens with zero attached hydrogens (tertiary/aromatic N) is 5. The molecule has 1 amide bonds. The summed E-state index contributed by atoms with van der Waals surface area (Å²) in [6.07, 6.45) is 3.63. The van der Waals surface area contributed by atoms with Crippen molar-refractivity contribution in [2.75, 3.05) is 6.54 Å². The number of carboxylic acids is 2. The van der Waals surface area contributed by atoms with Gasteiger partial charge in [0.15, 0.2) is 21.8 Å². The fourth-order valence-electron chi connectivity index (χ4n) is 3.57. The quantitative estimate of drug-likeness (QED) is 0.109. The average molecular weight is 475 g/mol. The standard InChI is InChI=1S/C10H12N4O5S.C6H14N4O2/c1-10(5-13-3-2-11-12-13)8(9(16)17)14-6(15)4-7(14)20(10,18)19;7-4(5(11)12)2-1-3-10-6(8)9/h2-3,7-8H,4-5H2,1H3,(H,16,17);4H,1-3,7H2,(H,11,12)(H4,8,9,10)/t7-,8+,10+;4-/m10/s1. The molecular formula is C16H26N8O7S. The summed E-state index contributed by atoms with van der Waals surface area (Å²) in [6, 6.07) is -2.22. The summed E-state index contributed by atoms with van der Waals surface area (Å²) >= 11 is 0. The maximum absolute atomic E-state index is 12.5. The van der Waals surface area contributed by atoms with E-state index >= 15 is 0 Å². The molecule has 2 saturated heterocycles. The highest BCUT2D eigenvalue weighted by Gasteiger charge is 2.70. The number of aliphatic imine (C=N–C) groups is 1. The molecule has 3 heterocycles. The van der Waals surface area contributed by atoms with Crippen LogP contribution in [0.2, 0.25) is 0 Å². The van der Waals surface area contributed by atoms with E-state index in [4.69, 9.17) is 22.3 Å². The van der Waals surface area contributed by atoms with E-state index < -0.39 is 49.9 Å². The van der Waals surface area contributed by atoms with Crippen LogP contribution in [0.5, 0.6) is 0 Å². The monoisotopic (exact) mass is 474 g/mol. The molecular weight excluding hydrogens is 448 g/mol. The molecule has 2 aliphatic rings. The SMILES string of the molecule is C[C@]1(Cn2ccnn2)[C@H](C(=O)O)N2C(=O)C[C@H]2S1(=O)=O.NC(N)=NCCC[C@H](N)C(=O)O. The minimum atomic E-state index is -3.80. The molecule has 8 N–H and O–H groups in total. The number of amides is 1. The van der Waals surface area contributed by atoms with Gasteiger partial charge in [0.1, 0.15) is 16.2 Å². The number of sulfone groups is 1. The normalized spacial score (nSPS) is 26.2. The van der Waals surface area contributed by atoms with Crippen LogP contribution in [0.1, 0.15) is 26.2 Å². The summed E-state index contributed by atoms with van der Waals surface area (Å²) in [7, 11) is -3.80. The molecule has 0 saturated carbocycles. The Kier molecular flexibility index (Phi) is 7.40. The van der Waals surface area contributed by atoms with Crippen molar-refractivity contribution in [1.29, 1.82) is 0 Å². The van der Waals surface area contributed by atoms with Gasteiger partial charge in [-0.3, -0.25) is 19.3 Å². The van der Waals surface area contributed by atoms with Crippen LogP contribution in [0, 0.1) is 0 Å². The summed E-state index contributed by atoms with van der Waals surface area (Å²) in [5, 5.41) is 23.9. The van der Waals surface area contributed by atoms with Crippen LogP contribution in [0.25, 0.3) is 0 Å². The number of carbonyl (C=O) groups is 3. The molecule has 16 heteroatoms. The fourth-order valence-corrected chi connectivity index (χ4v) is 5.93. The molecule has 15 nitrogen and oxygen atoms in total. The minimum absolute atomic E-state index is 0.0129. The van der Waals surface area contributed by atoms with Gasteiger partial charge in [-0.15, -0.1) is 5.10 Å². The van der Waals surface area contributed by atoms with Gasteiger partial charge in [0.05, 0.1) is 19.2 Å². The first-order chi connectivity index (χ1) is 14.8. The highest BCUT2D eigenvalue weighted by Crippen LogP contribution is 2.46. The highest BCUT2D eigenvalue weighted by molar-refractivity contribution is 7.93. The van der Waals surface area contributed by atoms with Crippen molar-refractivity contribution < 1.29 is 33.0 Å². The Bertz CT molecular complexity index is 992. The summed E-state index contributed by atoms with van der Waals surface area (Å²) in [5.41, 5.74) is 15.3. The number of nitrogens with two attached hydrogens (primary N) is 3. The van der Waals surface area contributed by atoms with Crippen molar-refractivity contribution in [1.82, 2.24) is 19.9 Å². The Balaban J connectivity index is 0.000000262. The molecule has 0 aliphatic carbocycles. The third-order valence-corrected chi connectivity index (χ3v) is 8.04. The summed E-state index contributed by atoms with van der Waals surface area (Å²) in [5.74, 6) is -2.77. The third kappa shape index (κ3) is 4.80. The van der Waals surface area contributed by atoms with E-state index in [9.17, 15) is 27.9 Å². The molecule has 0 radical (unpaired) electrons. The second-order valence-electron chi connectivity index (χ2n) is 7.55. The molecule has 2 fully saturated rings. The van der Waals surface area contributed by atoms with Gasteiger partial charge in [0.2, 0.25) is 5.91 Å². The lowest BCUT2D eigenvalue weighted by Gasteiger charge is -2.35. The number of hydrogen-bond acceptors (Lipinski definition) is 9. The zero-order valence-electron chi connectivity index (χ0n) is 17.2. The van der Waals surface area contributed by atoms with Crippen molar-refractivity contribution >= 4 is 33.6 Å². The molecule has 0 unspecified atom stereocenters. The first kappa shape index (κ1) is 25.0. The van der Waals surface area contributed by atoms with Crippen LogP contribution in [0.3, 0.4) is 0 Å². The molecule has 0 spiro atoms. The van der Waals surface area contributed by atoms with Gasteiger partial charge in [0.25, 0.3) is 0 Å². The lowest BCUT2D eigenvalue weighted by atomic mass is 9.96. The predicted molar refractivity (Wildman–Crippen MR) is 110 cm³/mol. The Morgan fingerprint density at radius 2 is 2.03 bits per heavy atom. The van der Waals surface area contributed by atoms with E-state index in [1.807, 2.05) is 0 Å². The summed E-state index contributed by atoms with van der Waals surface area (Å²) in [6.45, 7) is 1.60. The van der Waals surface area contributed by atoms with Gasteiger partial charge in [0, 0.05) is 12.7 Å². The van der Waals surface area contributed by atoms with E-state index in [0.717, 1.165) is 4.90 Å². The maximum Gasteiger partial charge on any atom is 0.328 e. The van der Waals surface area contributed by atoms with Gasteiger partial charge >= 0.3 is 11.9 Å². The lowest BCUT2D eigenvalue weighted by Crippen LogP contribution is -2.58. The molecule has 32 heavy (non-hydrogen) atoms. The van der Waals surface area contributed by atoms with Gasteiger partial charge in [-0.05, 0) is 19.8 Å². The zero-order valence-corrected chi connectivity index (χ0v) is 18.1. The Morgan fingerprint density at radius 1 is 1.38 bits per heavy atom. The maximum atomic E-state index is 12.5. The van der Waals surface area contributed by atoms with Crippen LogP contribution in [-0.4, -0.2) is 91.1 Å². The molecule has 4 atom stereocenters. The van der Waals surface area contributed by atoms with Crippen molar-refractivity contribution in [3.05, 3.63) is 12.4 Å². The molecule has 0 bridgehead atoms. The number of hydrogen-bond donors (Lipinski definition) is 5. The molecule has 2 aliphatic heterocycles. The fraction of sp³-hybridized carbons (Fsp3) is 0.625. The van der Waals surface area contributed by atoms with E-state index in [2.05, 4.69) is 15.3 Å². The molecule has 1 aromatic rings. The molecule has 178 valence electrons. The number of fused-ring (bicyclic) bond motifs is 1. The first-order valence-electron chi connectivity index (χ1n) is 9.48. The van der Waals surface area contributed by atoms with Crippen LogP contribution < -0.4 is 17.2 Å².